The number of halogens is 3. The van der Waals surface area contributed by atoms with Crippen molar-refractivity contribution in [2.75, 3.05) is 0 Å². The van der Waals surface area contributed by atoms with Crippen molar-refractivity contribution >= 4 is 0 Å². The lowest BCUT2D eigenvalue weighted by Gasteiger charge is -2.23. The first kappa shape index (κ1) is 11.8. The summed E-state index contributed by atoms with van der Waals surface area (Å²) < 4.78 is 35.8. The molecular weight excluding hydrogens is 165 g/mol. The molecule has 3 heteroatoms. The zero-order valence-electron chi connectivity index (χ0n) is 7.75. The standard InChI is InChI=1S/C7H11F3.C2H6/c8-7(9,10)6-4-2-1-3-5-6;1-2/h6H,1-5H2;1-2H3. The molecule has 0 N–H and O–H groups in total. The number of hydrogen-bond donors (Lipinski definition) is 0. The summed E-state index contributed by atoms with van der Waals surface area (Å²) in [7, 11) is 0. The highest BCUT2D eigenvalue weighted by atomic mass is 19.4. The molecule has 0 aromatic carbocycles. The summed E-state index contributed by atoms with van der Waals surface area (Å²) in [5.41, 5.74) is 0. The fraction of sp³-hybridized carbons (Fsp3) is 1.00. The number of hydrogen-bond acceptors (Lipinski definition) is 0. The van der Waals surface area contributed by atoms with Crippen LogP contribution < -0.4 is 0 Å². The van der Waals surface area contributed by atoms with Crippen molar-refractivity contribution in [2.45, 2.75) is 52.1 Å². The molecule has 0 spiro atoms. The van der Waals surface area contributed by atoms with Crippen molar-refractivity contribution in [1.29, 1.82) is 0 Å². The smallest absolute Gasteiger partial charge is 0.171 e. The van der Waals surface area contributed by atoms with Gasteiger partial charge in [0.15, 0.2) is 0 Å². The van der Waals surface area contributed by atoms with Gasteiger partial charge < -0.3 is 0 Å². The molecule has 0 heterocycles. The second kappa shape index (κ2) is 5.44. The summed E-state index contributed by atoms with van der Waals surface area (Å²) >= 11 is 0. The number of alkyl halides is 3. The molecule has 1 rings (SSSR count). The van der Waals surface area contributed by atoms with Crippen LogP contribution in [0.4, 0.5) is 13.2 Å². The third kappa shape index (κ3) is 3.98. The van der Waals surface area contributed by atoms with Crippen molar-refractivity contribution in [2.24, 2.45) is 5.92 Å². The summed E-state index contributed by atoms with van der Waals surface area (Å²) in [5.74, 6) is -0.999. The predicted molar refractivity (Wildman–Crippen MR) is 44.0 cm³/mol. The van der Waals surface area contributed by atoms with E-state index in [0.717, 1.165) is 19.3 Å². The lowest BCUT2D eigenvalue weighted by atomic mass is 9.89. The fourth-order valence-electron chi connectivity index (χ4n) is 1.43. The quantitative estimate of drug-likeness (QED) is 0.527. The first-order valence-corrected chi connectivity index (χ1v) is 4.67. The van der Waals surface area contributed by atoms with Crippen LogP contribution in [0.25, 0.3) is 0 Å². The van der Waals surface area contributed by atoms with Crippen molar-refractivity contribution < 1.29 is 13.2 Å². The Hall–Kier alpha value is -0.210. The van der Waals surface area contributed by atoms with Crippen LogP contribution in [0.1, 0.15) is 46.0 Å². The third-order valence-electron chi connectivity index (χ3n) is 2.07. The second-order valence-electron chi connectivity index (χ2n) is 2.88. The molecule has 1 saturated carbocycles. The molecular formula is C9H17F3. The zero-order valence-corrected chi connectivity index (χ0v) is 7.75. The fourth-order valence-corrected chi connectivity index (χ4v) is 1.43. The molecule has 1 fully saturated rings. The van der Waals surface area contributed by atoms with Gasteiger partial charge in [0.2, 0.25) is 0 Å². The third-order valence-corrected chi connectivity index (χ3v) is 2.07. The van der Waals surface area contributed by atoms with Gasteiger partial charge in [-0.1, -0.05) is 33.1 Å². The van der Waals surface area contributed by atoms with E-state index in [9.17, 15) is 13.2 Å². The van der Waals surface area contributed by atoms with Crippen molar-refractivity contribution in [1.82, 2.24) is 0 Å². The normalized spacial score (nSPS) is 19.8. The Morgan fingerprint density at radius 2 is 1.33 bits per heavy atom. The highest BCUT2D eigenvalue weighted by Crippen LogP contribution is 2.37. The van der Waals surface area contributed by atoms with E-state index in [2.05, 4.69) is 0 Å². The van der Waals surface area contributed by atoms with E-state index in [0.29, 0.717) is 12.8 Å². The molecule has 1 aliphatic carbocycles. The van der Waals surface area contributed by atoms with Gasteiger partial charge in [-0.25, -0.2) is 0 Å². The first-order valence-electron chi connectivity index (χ1n) is 4.67. The van der Waals surface area contributed by atoms with E-state index in [4.69, 9.17) is 0 Å². The van der Waals surface area contributed by atoms with Crippen molar-refractivity contribution in [3.8, 4) is 0 Å². The lowest BCUT2D eigenvalue weighted by Crippen LogP contribution is -2.24. The van der Waals surface area contributed by atoms with Gasteiger partial charge in [-0.2, -0.15) is 13.2 Å². The van der Waals surface area contributed by atoms with E-state index in [1.807, 2.05) is 13.8 Å². The van der Waals surface area contributed by atoms with Gasteiger partial charge in [-0.15, -0.1) is 0 Å². The van der Waals surface area contributed by atoms with Crippen LogP contribution in [0.5, 0.6) is 0 Å². The van der Waals surface area contributed by atoms with E-state index >= 15 is 0 Å². The summed E-state index contributed by atoms with van der Waals surface area (Å²) in [6, 6.07) is 0. The van der Waals surface area contributed by atoms with Crippen LogP contribution in [-0.4, -0.2) is 6.18 Å². The van der Waals surface area contributed by atoms with E-state index < -0.39 is 12.1 Å². The minimum absolute atomic E-state index is 0.351. The summed E-state index contributed by atoms with van der Waals surface area (Å²) in [5, 5.41) is 0. The van der Waals surface area contributed by atoms with Crippen LogP contribution in [0.2, 0.25) is 0 Å². The molecule has 74 valence electrons. The summed E-state index contributed by atoms with van der Waals surface area (Å²) in [6.07, 6.45) is -0.742. The SMILES string of the molecule is CC.FC(F)(F)C1CCCCC1. The zero-order chi connectivity index (χ0) is 9.61. The van der Waals surface area contributed by atoms with E-state index in [1.165, 1.54) is 0 Å². The largest absolute Gasteiger partial charge is 0.391 e. The Morgan fingerprint density at radius 3 is 1.58 bits per heavy atom. The molecule has 0 atom stereocenters. The number of rotatable bonds is 0. The van der Waals surface area contributed by atoms with E-state index in [1.54, 1.807) is 0 Å². The topological polar surface area (TPSA) is 0 Å². The molecule has 0 aromatic heterocycles. The highest BCUT2D eigenvalue weighted by Gasteiger charge is 2.39. The Balaban J connectivity index is 0.000000561. The molecule has 0 bridgehead atoms. The van der Waals surface area contributed by atoms with Gasteiger partial charge in [-0.3, -0.25) is 0 Å². The maximum absolute atomic E-state index is 11.9. The lowest BCUT2D eigenvalue weighted by molar-refractivity contribution is -0.181. The minimum Gasteiger partial charge on any atom is -0.171 e. The van der Waals surface area contributed by atoms with Gasteiger partial charge in [0.25, 0.3) is 0 Å². The molecule has 0 amide bonds. The van der Waals surface area contributed by atoms with Crippen LogP contribution in [-0.2, 0) is 0 Å². The van der Waals surface area contributed by atoms with E-state index in [-0.39, 0.29) is 0 Å². The minimum atomic E-state index is -3.93. The Bertz CT molecular complexity index is 101. The maximum atomic E-state index is 11.9. The average molecular weight is 182 g/mol. The van der Waals surface area contributed by atoms with Crippen LogP contribution in [0, 0.1) is 5.92 Å². The molecule has 0 unspecified atom stereocenters. The Morgan fingerprint density at radius 1 is 0.917 bits per heavy atom. The maximum Gasteiger partial charge on any atom is 0.391 e. The molecule has 12 heavy (non-hydrogen) atoms. The Labute approximate surface area is 72.2 Å². The molecule has 0 aromatic rings. The monoisotopic (exact) mass is 182 g/mol. The van der Waals surface area contributed by atoms with Crippen LogP contribution in [0.3, 0.4) is 0 Å². The van der Waals surface area contributed by atoms with Crippen LogP contribution in [0.15, 0.2) is 0 Å². The first-order chi connectivity index (χ1) is 5.61. The second-order valence-corrected chi connectivity index (χ2v) is 2.88. The summed E-state index contributed by atoms with van der Waals surface area (Å²) in [4.78, 5) is 0. The molecule has 1 aliphatic rings. The summed E-state index contributed by atoms with van der Waals surface area (Å²) in [6.45, 7) is 4.00. The van der Waals surface area contributed by atoms with Crippen molar-refractivity contribution in [3.05, 3.63) is 0 Å². The predicted octanol–water partition coefficient (Wildman–Crippen LogP) is 4.16. The molecule has 0 saturated heterocycles. The van der Waals surface area contributed by atoms with Gasteiger partial charge in [0.1, 0.15) is 0 Å². The average Bonchev–Trinajstić information content (AvgIpc) is 2.08. The molecule has 0 nitrogen and oxygen atoms in total. The van der Waals surface area contributed by atoms with Crippen LogP contribution >= 0.6 is 0 Å². The van der Waals surface area contributed by atoms with Gasteiger partial charge in [0, 0.05) is 0 Å². The molecule has 0 aliphatic heterocycles. The molecule has 0 radical (unpaired) electrons. The van der Waals surface area contributed by atoms with Gasteiger partial charge >= 0.3 is 6.18 Å². The highest BCUT2D eigenvalue weighted by molar-refractivity contribution is 4.71. The van der Waals surface area contributed by atoms with Gasteiger partial charge in [-0.05, 0) is 12.8 Å². The Kier molecular flexibility index (Phi) is 5.34. The van der Waals surface area contributed by atoms with Crippen molar-refractivity contribution in [3.63, 3.8) is 0 Å². The van der Waals surface area contributed by atoms with Gasteiger partial charge in [0.05, 0.1) is 5.92 Å².